The number of nitrogens with two attached hydrogens (primary N) is 1. The van der Waals surface area contributed by atoms with Crippen LogP contribution < -0.4 is 5.73 Å². The van der Waals surface area contributed by atoms with Gasteiger partial charge in [0.05, 0.1) is 0 Å². The molecule has 0 saturated heterocycles. The number of hydrogen-bond donors (Lipinski definition) is 1. The highest BCUT2D eigenvalue weighted by atomic mass is 14.7. The first kappa shape index (κ1) is 13.5. The molecule has 1 nitrogen and oxygen atoms in total. The highest BCUT2D eigenvalue weighted by Gasteiger charge is 2.28. The van der Waals surface area contributed by atoms with E-state index in [2.05, 4.69) is 53.7 Å². The molecule has 0 aromatic rings. The van der Waals surface area contributed by atoms with Crippen LogP contribution in [0.1, 0.15) is 41.5 Å². The first-order chi connectivity index (χ1) is 7.34. The van der Waals surface area contributed by atoms with Crippen molar-refractivity contribution in [3.05, 3.63) is 23.3 Å². The summed E-state index contributed by atoms with van der Waals surface area (Å²) in [5.41, 5.74) is 9.26. The lowest BCUT2D eigenvalue weighted by Crippen LogP contribution is -2.38. The van der Waals surface area contributed by atoms with Gasteiger partial charge < -0.3 is 5.73 Å². The van der Waals surface area contributed by atoms with Gasteiger partial charge in [-0.1, -0.05) is 59.3 Å². The van der Waals surface area contributed by atoms with Crippen molar-refractivity contribution < 1.29 is 0 Å². The molecule has 0 amide bonds. The minimum Gasteiger partial charge on any atom is -0.324 e. The number of allylic oxidation sites excluding steroid dienone is 2. The van der Waals surface area contributed by atoms with E-state index in [9.17, 15) is 0 Å². The third-order valence-corrected chi connectivity index (χ3v) is 3.62. The van der Waals surface area contributed by atoms with Crippen LogP contribution in [0.5, 0.6) is 0 Å². The lowest BCUT2D eigenvalue weighted by molar-refractivity contribution is 0.390. The molecule has 0 aliphatic heterocycles. The van der Waals surface area contributed by atoms with Crippen molar-refractivity contribution >= 4 is 0 Å². The smallest absolute Gasteiger partial charge is 0.0325 e. The summed E-state index contributed by atoms with van der Waals surface area (Å²) in [6.07, 6.45) is 4.73. The molecule has 0 fully saturated rings. The van der Waals surface area contributed by atoms with E-state index in [1.807, 2.05) is 0 Å². The van der Waals surface area contributed by atoms with Crippen LogP contribution in [-0.4, -0.2) is 6.04 Å². The zero-order valence-corrected chi connectivity index (χ0v) is 11.6. The highest BCUT2D eigenvalue weighted by molar-refractivity contribution is 5.35. The van der Waals surface area contributed by atoms with Crippen LogP contribution in [0.15, 0.2) is 23.3 Å². The summed E-state index contributed by atoms with van der Waals surface area (Å²) in [6.45, 7) is 13.5. The van der Waals surface area contributed by atoms with E-state index < -0.39 is 0 Å². The molecule has 1 rings (SSSR count). The quantitative estimate of drug-likeness (QED) is 0.771. The highest BCUT2D eigenvalue weighted by Crippen LogP contribution is 2.33. The van der Waals surface area contributed by atoms with Gasteiger partial charge in [0.25, 0.3) is 0 Å². The van der Waals surface area contributed by atoms with Crippen LogP contribution in [0.2, 0.25) is 0 Å². The molecule has 1 aliphatic rings. The maximum absolute atomic E-state index is 6.37. The summed E-state index contributed by atoms with van der Waals surface area (Å²) in [5.74, 6) is 2.27. The van der Waals surface area contributed by atoms with Crippen LogP contribution >= 0.6 is 0 Å². The molecule has 1 heteroatoms. The van der Waals surface area contributed by atoms with Crippen LogP contribution in [0.4, 0.5) is 0 Å². The molecule has 1 aliphatic carbocycles. The third-order valence-electron chi connectivity index (χ3n) is 3.62. The van der Waals surface area contributed by atoms with Gasteiger partial charge >= 0.3 is 0 Å². The Kier molecular flexibility index (Phi) is 4.37. The summed E-state index contributed by atoms with van der Waals surface area (Å²) in [6, 6.07) is 0.211. The van der Waals surface area contributed by atoms with E-state index in [1.165, 1.54) is 11.1 Å². The van der Waals surface area contributed by atoms with Gasteiger partial charge in [0.2, 0.25) is 0 Å². The van der Waals surface area contributed by atoms with E-state index in [4.69, 9.17) is 5.73 Å². The van der Waals surface area contributed by atoms with Gasteiger partial charge in [-0.2, -0.15) is 0 Å². The van der Waals surface area contributed by atoms with E-state index in [-0.39, 0.29) is 6.04 Å². The predicted molar refractivity (Wildman–Crippen MR) is 72.1 cm³/mol. The molecule has 0 saturated carbocycles. The Morgan fingerprint density at radius 2 is 1.56 bits per heavy atom. The Labute approximate surface area is 101 Å². The van der Waals surface area contributed by atoms with E-state index >= 15 is 0 Å². The Bertz CT molecular complexity index is 295. The van der Waals surface area contributed by atoms with Gasteiger partial charge in [0.15, 0.2) is 0 Å². The van der Waals surface area contributed by atoms with Crippen LogP contribution in [0.3, 0.4) is 0 Å². The van der Waals surface area contributed by atoms with E-state index in [0.29, 0.717) is 23.7 Å². The molecule has 2 atom stereocenters. The average Bonchev–Trinajstić information content (AvgIpc) is 2.16. The van der Waals surface area contributed by atoms with Crippen molar-refractivity contribution in [1.29, 1.82) is 0 Å². The lowest BCUT2D eigenvalue weighted by Gasteiger charge is -2.34. The van der Waals surface area contributed by atoms with E-state index in [0.717, 1.165) is 0 Å². The fourth-order valence-electron chi connectivity index (χ4n) is 2.40. The molecule has 0 radical (unpaired) electrons. The summed E-state index contributed by atoms with van der Waals surface area (Å²) in [4.78, 5) is 0. The van der Waals surface area contributed by atoms with Crippen molar-refractivity contribution in [2.45, 2.75) is 47.6 Å². The third kappa shape index (κ3) is 2.76. The molecular formula is C15H27N. The molecule has 0 spiro atoms. The first-order valence-corrected chi connectivity index (χ1v) is 6.53. The summed E-state index contributed by atoms with van der Waals surface area (Å²) < 4.78 is 0. The molecule has 2 N–H and O–H groups in total. The summed E-state index contributed by atoms with van der Waals surface area (Å²) in [5, 5.41) is 0. The Balaban J connectivity index is 3.07. The van der Waals surface area contributed by atoms with Crippen LogP contribution in [-0.2, 0) is 0 Å². The fraction of sp³-hybridized carbons (Fsp3) is 0.733. The molecule has 0 bridgehead atoms. The molecule has 16 heavy (non-hydrogen) atoms. The van der Waals surface area contributed by atoms with Crippen molar-refractivity contribution in [2.75, 3.05) is 0 Å². The Morgan fingerprint density at radius 3 is 1.94 bits per heavy atom. The molecular weight excluding hydrogens is 194 g/mol. The lowest BCUT2D eigenvalue weighted by atomic mass is 9.75. The molecule has 0 aromatic carbocycles. The Morgan fingerprint density at radius 1 is 1.00 bits per heavy atom. The SMILES string of the molecule is CC(C)C1=CC(C(C)C)C(N)C(C(C)C)=C1. The van der Waals surface area contributed by atoms with Gasteiger partial charge in [-0.05, 0) is 29.2 Å². The van der Waals surface area contributed by atoms with Crippen LogP contribution in [0, 0.1) is 23.7 Å². The number of hydrogen-bond acceptors (Lipinski definition) is 1. The maximum atomic E-state index is 6.37. The van der Waals surface area contributed by atoms with Gasteiger partial charge in [0.1, 0.15) is 0 Å². The van der Waals surface area contributed by atoms with Crippen molar-refractivity contribution in [1.82, 2.24) is 0 Å². The average molecular weight is 221 g/mol. The minimum absolute atomic E-state index is 0.211. The van der Waals surface area contributed by atoms with Gasteiger partial charge in [-0.3, -0.25) is 0 Å². The van der Waals surface area contributed by atoms with Crippen LogP contribution in [0.25, 0.3) is 0 Å². The molecule has 92 valence electrons. The summed E-state index contributed by atoms with van der Waals surface area (Å²) >= 11 is 0. The fourth-order valence-corrected chi connectivity index (χ4v) is 2.40. The normalized spacial score (nSPS) is 26.4. The molecule has 2 unspecified atom stereocenters. The second-order valence-corrected chi connectivity index (χ2v) is 5.97. The predicted octanol–water partition coefficient (Wildman–Crippen LogP) is 3.76. The van der Waals surface area contributed by atoms with Gasteiger partial charge in [0, 0.05) is 6.04 Å². The molecule has 0 aromatic heterocycles. The van der Waals surface area contributed by atoms with Crippen molar-refractivity contribution in [3.63, 3.8) is 0 Å². The topological polar surface area (TPSA) is 26.0 Å². The first-order valence-electron chi connectivity index (χ1n) is 6.53. The minimum atomic E-state index is 0.211. The van der Waals surface area contributed by atoms with E-state index in [1.54, 1.807) is 0 Å². The number of rotatable bonds is 3. The zero-order chi connectivity index (χ0) is 12.5. The largest absolute Gasteiger partial charge is 0.324 e. The molecule has 0 heterocycles. The zero-order valence-electron chi connectivity index (χ0n) is 11.6. The monoisotopic (exact) mass is 221 g/mol. The second-order valence-electron chi connectivity index (χ2n) is 5.97. The van der Waals surface area contributed by atoms with Gasteiger partial charge in [-0.15, -0.1) is 0 Å². The van der Waals surface area contributed by atoms with Gasteiger partial charge in [-0.25, -0.2) is 0 Å². The maximum Gasteiger partial charge on any atom is 0.0325 e. The Hall–Kier alpha value is -0.560. The van der Waals surface area contributed by atoms with Crippen molar-refractivity contribution in [2.24, 2.45) is 29.4 Å². The van der Waals surface area contributed by atoms with Crippen molar-refractivity contribution in [3.8, 4) is 0 Å². The standard InChI is InChI=1S/C15H27N/c1-9(2)12-7-13(10(3)4)15(16)14(8-12)11(5)6/h7-11,13,15H,16H2,1-6H3. The second kappa shape index (κ2) is 5.18. The summed E-state index contributed by atoms with van der Waals surface area (Å²) in [7, 11) is 0.